The van der Waals surface area contributed by atoms with Crippen LogP contribution < -0.4 is 4.47 Å². The van der Waals surface area contributed by atoms with Crippen LogP contribution >= 0.6 is 11.6 Å². The maximum absolute atomic E-state index is 15.3. The van der Waals surface area contributed by atoms with Crippen molar-refractivity contribution >= 4 is 44.1 Å². The van der Waals surface area contributed by atoms with Gasteiger partial charge in [0, 0.05) is 33.9 Å². The van der Waals surface area contributed by atoms with Gasteiger partial charge in [-0.05, 0) is 42.3 Å². The number of hydrogen-bond donors (Lipinski definition) is 1. The van der Waals surface area contributed by atoms with Crippen molar-refractivity contribution in [2.75, 3.05) is 10.2 Å². The molecule has 0 bridgehead atoms. The largest absolute Gasteiger partial charge is 0.744 e. The average Bonchev–Trinajstić information content (AvgIpc) is 3.26. The number of nitrogens with zero attached hydrogens (tertiary/aromatic N) is 2. The SMILES string of the molecule is CCCCS(=O)(=O)N([O-])c1ccc(F)c(C(=O)c2c[nH]c3ncc(-c4ccc(Cl)cc4)cc23)c1F. The Morgan fingerprint density at radius 2 is 1.86 bits per heavy atom. The molecule has 0 saturated carbocycles. The normalized spacial score (nSPS) is 11.7. The van der Waals surface area contributed by atoms with E-state index in [0.717, 1.165) is 5.56 Å². The highest BCUT2D eigenvalue weighted by Gasteiger charge is 2.27. The van der Waals surface area contributed by atoms with E-state index in [2.05, 4.69) is 9.97 Å². The molecule has 2 aromatic heterocycles. The Hall–Kier alpha value is -3.34. The maximum Gasteiger partial charge on any atom is 0.225 e. The quantitative estimate of drug-likeness (QED) is 0.233. The van der Waals surface area contributed by atoms with Crippen LogP contribution in [0.4, 0.5) is 14.5 Å². The van der Waals surface area contributed by atoms with E-state index in [1.807, 2.05) is 0 Å². The van der Waals surface area contributed by atoms with E-state index >= 15 is 4.39 Å². The van der Waals surface area contributed by atoms with Crippen molar-refractivity contribution in [1.82, 2.24) is 9.97 Å². The van der Waals surface area contributed by atoms with E-state index in [9.17, 15) is 22.8 Å². The zero-order valence-electron chi connectivity index (χ0n) is 18.4. The van der Waals surface area contributed by atoms with Crippen LogP contribution in [0.1, 0.15) is 35.7 Å². The fourth-order valence-corrected chi connectivity index (χ4v) is 4.96. The number of pyridine rings is 1. The number of ketones is 1. The summed E-state index contributed by atoms with van der Waals surface area (Å²) in [7, 11) is -4.40. The fraction of sp³-hybridized carbons (Fsp3) is 0.167. The lowest BCUT2D eigenvalue weighted by molar-refractivity contribution is 0.103. The van der Waals surface area contributed by atoms with Gasteiger partial charge in [-0.15, -0.1) is 0 Å². The zero-order valence-corrected chi connectivity index (χ0v) is 20.0. The second-order valence-corrected chi connectivity index (χ2v) is 10.2. The molecule has 0 aliphatic carbocycles. The first-order valence-corrected chi connectivity index (χ1v) is 12.6. The molecule has 11 heteroatoms. The Morgan fingerprint density at radius 1 is 1.14 bits per heavy atom. The Morgan fingerprint density at radius 3 is 2.54 bits per heavy atom. The number of carbonyl (C=O) groups excluding carboxylic acids is 1. The first-order chi connectivity index (χ1) is 16.6. The summed E-state index contributed by atoms with van der Waals surface area (Å²) in [4.78, 5) is 20.3. The monoisotopic (exact) mass is 518 g/mol. The summed E-state index contributed by atoms with van der Waals surface area (Å²) in [6.07, 6.45) is 3.50. The third-order valence-electron chi connectivity index (χ3n) is 5.46. The number of unbranched alkanes of at least 4 members (excludes halogenated alkanes) is 1. The number of H-pyrrole nitrogens is 1. The lowest BCUT2D eigenvalue weighted by Crippen LogP contribution is -2.28. The van der Waals surface area contributed by atoms with Gasteiger partial charge in [0.05, 0.1) is 17.0 Å². The number of carbonyl (C=O) groups is 1. The zero-order chi connectivity index (χ0) is 25.3. The molecule has 0 radical (unpaired) electrons. The molecule has 0 aliphatic heterocycles. The number of hydrogen-bond acceptors (Lipinski definition) is 5. The van der Waals surface area contributed by atoms with Crippen molar-refractivity contribution in [2.24, 2.45) is 0 Å². The number of benzene rings is 2. The van der Waals surface area contributed by atoms with Gasteiger partial charge in [0.25, 0.3) is 0 Å². The highest BCUT2D eigenvalue weighted by molar-refractivity contribution is 7.92. The van der Waals surface area contributed by atoms with E-state index in [1.54, 1.807) is 43.5 Å². The Labute approximate surface area is 205 Å². The smallest absolute Gasteiger partial charge is 0.225 e. The van der Waals surface area contributed by atoms with Gasteiger partial charge < -0.3 is 14.7 Å². The molecule has 0 unspecified atom stereocenters. The number of aromatic nitrogens is 2. The molecule has 4 aromatic rings. The Kier molecular flexibility index (Phi) is 6.88. The molecule has 35 heavy (non-hydrogen) atoms. The molecule has 0 atom stereocenters. The maximum atomic E-state index is 15.3. The molecule has 1 N–H and O–H groups in total. The van der Waals surface area contributed by atoms with E-state index in [0.29, 0.717) is 40.2 Å². The van der Waals surface area contributed by atoms with Crippen LogP contribution in [0, 0.1) is 16.8 Å². The van der Waals surface area contributed by atoms with Crippen LogP contribution in [-0.2, 0) is 10.0 Å². The van der Waals surface area contributed by atoms with Gasteiger partial charge in [0.1, 0.15) is 11.5 Å². The number of anilines is 1. The third kappa shape index (κ3) is 4.77. The Bertz CT molecular complexity index is 1520. The topological polar surface area (TPSA) is 106 Å². The molecule has 0 saturated heterocycles. The minimum absolute atomic E-state index is 0.0930. The molecule has 4 rings (SSSR count). The average molecular weight is 519 g/mol. The number of nitrogens with one attached hydrogen (secondary N) is 1. The molecule has 2 heterocycles. The van der Waals surface area contributed by atoms with Gasteiger partial charge in [-0.2, -0.15) is 0 Å². The Balaban J connectivity index is 1.78. The summed E-state index contributed by atoms with van der Waals surface area (Å²) < 4.78 is 53.9. The first-order valence-electron chi connectivity index (χ1n) is 10.6. The van der Waals surface area contributed by atoms with Crippen molar-refractivity contribution in [2.45, 2.75) is 19.8 Å². The van der Waals surface area contributed by atoms with Crippen LogP contribution in [0.3, 0.4) is 0 Å². The predicted octanol–water partition coefficient (Wildman–Crippen LogP) is 5.83. The summed E-state index contributed by atoms with van der Waals surface area (Å²) in [6, 6.07) is 9.90. The van der Waals surface area contributed by atoms with Crippen molar-refractivity contribution in [1.29, 1.82) is 0 Å². The molecule has 182 valence electrons. The van der Waals surface area contributed by atoms with Crippen LogP contribution in [0.15, 0.2) is 54.9 Å². The predicted molar refractivity (Wildman–Crippen MR) is 131 cm³/mol. The molecule has 0 amide bonds. The van der Waals surface area contributed by atoms with Crippen molar-refractivity contribution in [3.05, 3.63) is 87.8 Å². The standard InChI is InChI=1S/C24H19ClF2N3O4S/c1-2-3-10-35(33,34)30(32)20-9-8-19(26)21(22(20)27)23(31)18-13-29-24-17(18)11-15(12-28-24)14-4-6-16(25)7-5-14/h4-9,11-13H,2-3,10H2,1H3,(H,28,29)/q-1. The van der Waals surface area contributed by atoms with E-state index in [1.165, 1.54) is 6.20 Å². The minimum Gasteiger partial charge on any atom is -0.744 e. The summed E-state index contributed by atoms with van der Waals surface area (Å²) in [5.74, 6) is -4.36. The van der Waals surface area contributed by atoms with Crippen LogP contribution in [0.25, 0.3) is 22.2 Å². The highest BCUT2D eigenvalue weighted by atomic mass is 35.5. The van der Waals surface area contributed by atoms with Gasteiger partial charge in [0.15, 0.2) is 5.82 Å². The molecule has 0 aliphatic rings. The molecular formula is C24H19ClF2N3O4S-. The van der Waals surface area contributed by atoms with Gasteiger partial charge >= 0.3 is 0 Å². The van der Waals surface area contributed by atoms with E-state index < -0.39 is 48.9 Å². The van der Waals surface area contributed by atoms with Gasteiger partial charge in [-0.3, -0.25) is 4.79 Å². The van der Waals surface area contributed by atoms with Gasteiger partial charge in [-0.1, -0.05) is 37.1 Å². The summed E-state index contributed by atoms with van der Waals surface area (Å²) in [5, 5.41) is 13.3. The van der Waals surface area contributed by atoms with Gasteiger partial charge in [-0.25, -0.2) is 22.2 Å². The number of rotatable bonds is 8. The summed E-state index contributed by atoms with van der Waals surface area (Å²) in [6.45, 7) is 1.73. The summed E-state index contributed by atoms with van der Waals surface area (Å²) >= 11 is 5.93. The third-order valence-corrected chi connectivity index (χ3v) is 7.21. The highest BCUT2D eigenvalue weighted by Crippen LogP contribution is 2.31. The minimum atomic E-state index is -4.40. The number of sulfonamides is 1. The molecule has 7 nitrogen and oxygen atoms in total. The molecular weight excluding hydrogens is 500 g/mol. The van der Waals surface area contributed by atoms with Gasteiger partial charge in [0.2, 0.25) is 15.8 Å². The van der Waals surface area contributed by atoms with Crippen molar-refractivity contribution in [3.8, 4) is 11.1 Å². The van der Waals surface area contributed by atoms with E-state index in [-0.39, 0.29) is 12.0 Å². The second kappa shape index (κ2) is 9.73. The number of fused-ring (bicyclic) bond motifs is 1. The van der Waals surface area contributed by atoms with Crippen LogP contribution in [0.5, 0.6) is 0 Å². The second-order valence-electron chi connectivity index (χ2n) is 7.81. The van der Waals surface area contributed by atoms with Crippen LogP contribution in [-0.4, -0.2) is 29.9 Å². The lowest BCUT2D eigenvalue weighted by Gasteiger charge is -2.30. The number of aromatic amines is 1. The molecule has 2 aromatic carbocycles. The molecule has 0 spiro atoms. The van der Waals surface area contributed by atoms with Crippen molar-refractivity contribution in [3.63, 3.8) is 0 Å². The van der Waals surface area contributed by atoms with E-state index in [4.69, 9.17) is 11.6 Å². The first kappa shape index (κ1) is 24.8. The summed E-state index contributed by atoms with van der Waals surface area (Å²) in [5.41, 5.74) is -0.398. The van der Waals surface area contributed by atoms with Crippen LogP contribution in [0.2, 0.25) is 5.02 Å². The molecule has 0 fully saturated rings. The lowest BCUT2D eigenvalue weighted by atomic mass is 10.00. The number of halogens is 3. The van der Waals surface area contributed by atoms with Crippen molar-refractivity contribution < 1.29 is 22.0 Å². The fourth-order valence-electron chi connectivity index (χ4n) is 3.58.